The maximum atomic E-state index is 12.8. The zero-order valence-corrected chi connectivity index (χ0v) is 17.2. The summed E-state index contributed by atoms with van der Waals surface area (Å²) in [4.78, 5) is 26.3. The van der Waals surface area contributed by atoms with Crippen molar-refractivity contribution in [3.05, 3.63) is 72.4 Å². The van der Waals surface area contributed by atoms with Crippen LogP contribution < -0.4 is 5.32 Å². The molecule has 0 radical (unpaired) electrons. The average Bonchev–Trinajstić information content (AvgIpc) is 3.27. The second-order valence-electron chi connectivity index (χ2n) is 6.90. The summed E-state index contributed by atoms with van der Waals surface area (Å²) in [6.45, 7) is 1.10. The minimum atomic E-state index is -0.225. The van der Waals surface area contributed by atoms with Crippen molar-refractivity contribution in [2.24, 2.45) is 0 Å². The fourth-order valence-electron chi connectivity index (χ4n) is 3.12. The van der Waals surface area contributed by atoms with Crippen LogP contribution in [0.25, 0.3) is 16.9 Å². The molecule has 0 saturated carbocycles. The molecule has 0 aliphatic carbocycles. The number of nitrogens with one attached hydrogen (secondary N) is 1. The van der Waals surface area contributed by atoms with E-state index in [0.29, 0.717) is 18.7 Å². The molecule has 0 spiro atoms. The van der Waals surface area contributed by atoms with Gasteiger partial charge in [0, 0.05) is 38.4 Å². The maximum absolute atomic E-state index is 12.8. The molecule has 0 aliphatic rings. The number of likely N-dealkylation sites (N-methyl/N-ethyl adjacent to an activating group) is 1. The van der Waals surface area contributed by atoms with Crippen LogP contribution in [0.1, 0.15) is 16.8 Å². The number of aromatic nitrogens is 2. The first-order valence-corrected chi connectivity index (χ1v) is 9.81. The fraction of sp³-hybridized carbons (Fsp3) is 0.261. The number of nitrogens with zero attached hydrogens (tertiary/aromatic N) is 3. The summed E-state index contributed by atoms with van der Waals surface area (Å²) in [5.74, 6) is -0.422. The average molecular weight is 406 g/mol. The van der Waals surface area contributed by atoms with Gasteiger partial charge < -0.3 is 15.0 Å². The number of carbonyl (C=O) groups is 2. The molecule has 0 fully saturated rings. The summed E-state index contributed by atoms with van der Waals surface area (Å²) in [6, 6.07) is 19.1. The molecular weight excluding hydrogens is 380 g/mol. The van der Waals surface area contributed by atoms with Crippen LogP contribution in [0, 0.1) is 0 Å². The molecule has 1 aromatic heterocycles. The summed E-state index contributed by atoms with van der Waals surface area (Å²) >= 11 is 0. The van der Waals surface area contributed by atoms with E-state index in [2.05, 4.69) is 10.4 Å². The SMILES string of the molecule is COCCCNC(=O)CN(C)C(=O)c1cccc(-n2nccc2-c2ccccc2)c1. The Balaban J connectivity index is 1.71. The summed E-state index contributed by atoms with van der Waals surface area (Å²) in [5, 5.41) is 7.21. The molecule has 1 heterocycles. The molecule has 0 saturated heterocycles. The van der Waals surface area contributed by atoms with Crippen molar-refractivity contribution in [2.45, 2.75) is 6.42 Å². The molecule has 7 heteroatoms. The monoisotopic (exact) mass is 406 g/mol. The van der Waals surface area contributed by atoms with Crippen LogP contribution in [-0.2, 0) is 9.53 Å². The van der Waals surface area contributed by atoms with Crippen LogP contribution in [0.2, 0.25) is 0 Å². The highest BCUT2D eigenvalue weighted by Gasteiger charge is 2.16. The largest absolute Gasteiger partial charge is 0.385 e. The molecule has 0 bridgehead atoms. The van der Waals surface area contributed by atoms with E-state index in [1.54, 1.807) is 37.2 Å². The molecule has 30 heavy (non-hydrogen) atoms. The predicted molar refractivity (Wildman–Crippen MR) is 115 cm³/mol. The Kier molecular flexibility index (Phi) is 7.34. The third kappa shape index (κ3) is 5.33. The Hall–Kier alpha value is -3.45. The second kappa shape index (κ2) is 10.4. The van der Waals surface area contributed by atoms with E-state index in [0.717, 1.165) is 23.4 Å². The first-order chi connectivity index (χ1) is 14.6. The van der Waals surface area contributed by atoms with Crippen LogP contribution in [-0.4, -0.2) is 60.3 Å². The van der Waals surface area contributed by atoms with E-state index < -0.39 is 0 Å². The van der Waals surface area contributed by atoms with Crippen LogP contribution in [0.5, 0.6) is 0 Å². The van der Waals surface area contributed by atoms with E-state index >= 15 is 0 Å². The third-order valence-electron chi connectivity index (χ3n) is 4.62. The van der Waals surface area contributed by atoms with Gasteiger partial charge in [-0.3, -0.25) is 9.59 Å². The summed E-state index contributed by atoms with van der Waals surface area (Å²) in [7, 11) is 3.24. The van der Waals surface area contributed by atoms with Crippen LogP contribution in [0.3, 0.4) is 0 Å². The highest BCUT2D eigenvalue weighted by atomic mass is 16.5. The van der Waals surface area contributed by atoms with Gasteiger partial charge >= 0.3 is 0 Å². The van der Waals surface area contributed by atoms with Crippen molar-refractivity contribution < 1.29 is 14.3 Å². The molecule has 2 aromatic carbocycles. The van der Waals surface area contributed by atoms with E-state index in [1.807, 2.05) is 48.5 Å². The molecule has 3 rings (SSSR count). The number of carbonyl (C=O) groups excluding carboxylic acids is 2. The van der Waals surface area contributed by atoms with Gasteiger partial charge in [0.15, 0.2) is 0 Å². The number of hydrogen-bond acceptors (Lipinski definition) is 4. The number of benzene rings is 2. The van der Waals surface area contributed by atoms with E-state index in [-0.39, 0.29) is 18.4 Å². The predicted octanol–water partition coefficient (Wildman–Crippen LogP) is 2.76. The lowest BCUT2D eigenvalue weighted by Gasteiger charge is -2.17. The maximum Gasteiger partial charge on any atom is 0.254 e. The van der Waals surface area contributed by atoms with Crippen LogP contribution in [0.15, 0.2) is 66.9 Å². The lowest BCUT2D eigenvalue weighted by atomic mass is 10.1. The van der Waals surface area contributed by atoms with Crippen molar-refractivity contribution in [2.75, 3.05) is 33.9 Å². The Morgan fingerprint density at radius 2 is 1.90 bits per heavy atom. The number of amides is 2. The molecule has 156 valence electrons. The summed E-state index contributed by atoms with van der Waals surface area (Å²) < 4.78 is 6.76. The number of rotatable bonds is 9. The van der Waals surface area contributed by atoms with E-state index in [1.165, 1.54) is 4.90 Å². The molecule has 7 nitrogen and oxygen atoms in total. The van der Waals surface area contributed by atoms with Gasteiger partial charge in [0.05, 0.1) is 24.1 Å². The van der Waals surface area contributed by atoms with Gasteiger partial charge in [-0.15, -0.1) is 0 Å². The summed E-state index contributed by atoms with van der Waals surface area (Å²) in [5.41, 5.74) is 3.25. The number of ether oxygens (including phenoxy) is 1. The van der Waals surface area contributed by atoms with Crippen molar-refractivity contribution in [1.29, 1.82) is 0 Å². The third-order valence-corrected chi connectivity index (χ3v) is 4.62. The van der Waals surface area contributed by atoms with Gasteiger partial charge in [0.2, 0.25) is 5.91 Å². The highest BCUT2D eigenvalue weighted by Crippen LogP contribution is 2.22. The van der Waals surface area contributed by atoms with Gasteiger partial charge in [-0.2, -0.15) is 5.10 Å². The lowest BCUT2D eigenvalue weighted by Crippen LogP contribution is -2.38. The molecule has 3 aromatic rings. The van der Waals surface area contributed by atoms with Gasteiger partial charge in [-0.05, 0) is 30.7 Å². The molecule has 0 unspecified atom stereocenters. The van der Waals surface area contributed by atoms with Gasteiger partial charge in [-0.25, -0.2) is 4.68 Å². The topological polar surface area (TPSA) is 76.5 Å². The van der Waals surface area contributed by atoms with Crippen molar-refractivity contribution in [3.8, 4) is 16.9 Å². The Morgan fingerprint density at radius 3 is 2.67 bits per heavy atom. The fourth-order valence-corrected chi connectivity index (χ4v) is 3.12. The van der Waals surface area contributed by atoms with Crippen molar-refractivity contribution in [3.63, 3.8) is 0 Å². The molecular formula is C23H26N4O3. The Bertz CT molecular complexity index is 985. The number of methoxy groups -OCH3 is 1. The molecule has 0 atom stereocenters. The second-order valence-corrected chi connectivity index (χ2v) is 6.90. The number of hydrogen-bond donors (Lipinski definition) is 1. The zero-order valence-electron chi connectivity index (χ0n) is 17.2. The van der Waals surface area contributed by atoms with Crippen molar-refractivity contribution >= 4 is 11.8 Å². The standard InChI is InChI=1S/C23H26N4O3/c1-26(17-22(28)24-13-7-15-30-2)23(29)19-10-6-11-20(16-19)27-21(12-14-25-27)18-8-4-3-5-9-18/h3-6,8-12,14,16H,7,13,15,17H2,1-2H3,(H,24,28). The van der Waals surface area contributed by atoms with Crippen molar-refractivity contribution in [1.82, 2.24) is 20.0 Å². The minimum absolute atomic E-state index is 0.00687. The first kappa shape index (κ1) is 21.3. The quantitative estimate of drug-likeness (QED) is 0.555. The van der Waals surface area contributed by atoms with Gasteiger partial charge in [-0.1, -0.05) is 36.4 Å². The smallest absolute Gasteiger partial charge is 0.254 e. The minimum Gasteiger partial charge on any atom is -0.385 e. The molecule has 1 N–H and O–H groups in total. The lowest BCUT2D eigenvalue weighted by molar-refractivity contribution is -0.121. The Morgan fingerprint density at radius 1 is 1.10 bits per heavy atom. The first-order valence-electron chi connectivity index (χ1n) is 9.81. The Labute approximate surface area is 176 Å². The van der Waals surface area contributed by atoms with Gasteiger partial charge in [0.1, 0.15) is 0 Å². The van der Waals surface area contributed by atoms with E-state index in [4.69, 9.17) is 4.74 Å². The van der Waals surface area contributed by atoms with Crippen LogP contribution >= 0.6 is 0 Å². The van der Waals surface area contributed by atoms with Gasteiger partial charge in [0.25, 0.3) is 5.91 Å². The molecule has 2 amide bonds. The highest BCUT2D eigenvalue weighted by molar-refractivity contribution is 5.96. The van der Waals surface area contributed by atoms with Crippen LogP contribution in [0.4, 0.5) is 0 Å². The molecule has 0 aliphatic heterocycles. The van der Waals surface area contributed by atoms with E-state index in [9.17, 15) is 9.59 Å². The normalized spacial score (nSPS) is 10.6. The summed E-state index contributed by atoms with van der Waals surface area (Å²) in [6.07, 6.45) is 2.46. The zero-order chi connectivity index (χ0) is 21.3.